The quantitative estimate of drug-likeness (QED) is 0.745. The van der Waals surface area contributed by atoms with Crippen molar-refractivity contribution in [2.75, 3.05) is 6.67 Å². The average Bonchev–Trinajstić information content (AvgIpc) is 2.12. The van der Waals surface area contributed by atoms with E-state index in [2.05, 4.69) is 0 Å². The van der Waals surface area contributed by atoms with Gasteiger partial charge in [0.2, 0.25) is 0 Å². The van der Waals surface area contributed by atoms with Crippen LogP contribution in [0.4, 0.5) is 13.2 Å². The van der Waals surface area contributed by atoms with Gasteiger partial charge in [0.1, 0.15) is 18.3 Å². The third kappa shape index (κ3) is 1.95. The number of hydrogen-bond acceptors (Lipinski definition) is 1. The summed E-state index contributed by atoms with van der Waals surface area (Å²) in [5.41, 5.74) is 4.65. The molecule has 0 unspecified atom stereocenters. The monoisotopic (exact) mass is 209 g/mol. The summed E-state index contributed by atoms with van der Waals surface area (Å²) < 4.78 is 38.1. The van der Waals surface area contributed by atoms with Crippen LogP contribution in [0.3, 0.4) is 0 Å². The topological polar surface area (TPSA) is 26.0 Å². The Morgan fingerprint density at radius 2 is 2.00 bits per heavy atom. The summed E-state index contributed by atoms with van der Waals surface area (Å²) in [4.78, 5) is 0. The SMILES string of the molecule is N[C@H](CF)c1c(F)ccc(Cl)c1F. The maximum Gasteiger partial charge on any atom is 0.149 e. The minimum absolute atomic E-state index is 0.264. The highest BCUT2D eigenvalue weighted by atomic mass is 35.5. The van der Waals surface area contributed by atoms with Crippen molar-refractivity contribution in [3.8, 4) is 0 Å². The lowest BCUT2D eigenvalue weighted by Gasteiger charge is -2.10. The highest BCUT2D eigenvalue weighted by molar-refractivity contribution is 6.30. The molecular weight excluding hydrogens is 203 g/mol. The number of benzene rings is 1. The highest BCUT2D eigenvalue weighted by Gasteiger charge is 2.18. The van der Waals surface area contributed by atoms with Crippen molar-refractivity contribution >= 4 is 11.6 Å². The summed E-state index contributed by atoms with van der Waals surface area (Å²) in [5, 5.41) is -0.264. The van der Waals surface area contributed by atoms with E-state index in [9.17, 15) is 13.2 Å². The summed E-state index contributed by atoms with van der Waals surface area (Å²) in [6, 6.07) is 0.704. The van der Waals surface area contributed by atoms with Crippen LogP contribution in [0.1, 0.15) is 11.6 Å². The van der Waals surface area contributed by atoms with E-state index in [0.29, 0.717) is 0 Å². The van der Waals surface area contributed by atoms with Gasteiger partial charge in [-0.15, -0.1) is 0 Å². The molecule has 0 saturated carbocycles. The first kappa shape index (κ1) is 10.3. The van der Waals surface area contributed by atoms with Gasteiger partial charge in [0.15, 0.2) is 0 Å². The second-order valence-electron chi connectivity index (χ2n) is 2.52. The fourth-order valence-corrected chi connectivity index (χ4v) is 1.12. The van der Waals surface area contributed by atoms with Gasteiger partial charge in [0, 0.05) is 5.56 Å². The molecular formula is C8H7ClF3N. The van der Waals surface area contributed by atoms with Crippen LogP contribution in [-0.4, -0.2) is 6.67 Å². The Morgan fingerprint density at radius 1 is 1.38 bits per heavy atom. The Hall–Kier alpha value is -0.740. The number of rotatable bonds is 2. The van der Waals surface area contributed by atoms with Crippen molar-refractivity contribution in [3.63, 3.8) is 0 Å². The molecule has 1 aromatic carbocycles. The minimum atomic E-state index is -1.31. The summed E-state index contributed by atoms with van der Waals surface area (Å²) >= 11 is 5.37. The van der Waals surface area contributed by atoms with Gasteiger partial charge in [-0.05, 0) is 12.1 Å². The first-order valence-electron chi connectivity index (χ1n) is 3.53. The molecule has 1 nitrogen and oxygen atoms in total. The van der Waals surface area contributed by atoms with Gasteiger partial charge in [-0.25, -0.2) is 13.2 Å². The van der Waals surface area contributed by atoms with Crippen LogP contribution in [0.5, 0.6) is 0 Å². The molecule has 1 atom stereocenters. The van der Waals surface area contributed by atoms with Gasteiger partial charge >= 0.3 is 0 Å². The van der Waals surface area contributed by atoms with E-state index in [1.165, 1.54) is 0 Å². The molecule has 72 valence electrons. The van der Waals surface area contributed by atoms with Crippen molar-refractivity contribution < 1.29 is 13.2 Å². The van der Waals surface area contributed by atoms with Crippen LogP contribution >= 0.6 is 11.6 Å². The molecule has 0 spiro atoms. The molecule has 0 heterocycles. The summed E-state index contributed by atoms with van der Waals surface area (Å²) in [6.45, 7) is -1.03. The summed E-state index contributed by atoms with van der Waals surface area (Å²) in [5.74, 6) is -1.88. The van der Waals surface area contributed by atoms with E-state index in [0.717, 1.165) is 12.1 Å². The largest absolute Gasteiger partial charge is 0.322 e. The molecule has 0 fully saturated rings. The average molecular weight is 210 g/mol. The van der Waals surface area contributed by atoms with Crippen LogP contribution in [0.15, 0.2) is 12.1 Å². The van der Waals surface area contributed by atoms with Crippen molar-refractivity contribution in [2.45, 2.75) is 6.04 Å². The smallest absolute Gasteiger partial charge is 0.149 e. The van der Waals surface area contributed by atoms with E-state index < -0.39 is 29.9 Å². The lowest BCUT2D eigenvalue weighted by atomic mass is 10.1. The first-order valence-corrected chi connectivity index (χ1v) is 3.90. The third-order valence-electron chi connectivity index (χ3n) is 1.62. The number of hydrogen-bond donors (Lipinski definition) is 1. The molecule has 0 amide bonds. The Bertz CT molecular complexity index is 317. The fourth-order valence-electron chi connectivity index (χ4n) is 0.960. The van der Waals surface area contributed by atoms with Gasteiger partial charge < -0.3 is 5.73 Å². The van der Waals surface area contributed by atoms with E-state index in [-0.39, 0.29) is 5.02 Å². The van der Waals surface area contributed by atoms with Gasteiger partial charge in [0.05, 0.1) is 11.1 Å². The van der Waals surface area contributed by atoms with E-state index in [1.807, 2.05) is 0 Å². The molecule has 0 aliphatic heterocycles. The third-order valence-corrected chi connectivity index (χ3v) is 1.91. The maximum absolute atomic E-state index is 13.1. The highest BCUT2D eigenvalue weighted by Crippen LogP contribution is 2.25. The Kier molecular flexibility index (Phi) is 3.17. The summed E-state index contributed by atoms with van der Waals surface area (Å²) in [7, 11) is 0. The Balaban J connectivity index is 3.25. The van der Waals surface area contributed by atoms with Crippen molar-refractivity contribution in [2.24, 2.45) is 5.73 Å². The van der Waals surface area contributed by atoms with Crippen LogP contribution in [0.2, 0.25) is 5.02 Å². The zero-order valence-electron chi connectivity index (χ0n) is 6.53. The predicted molar refractivity (Wildman–Crippen MR) is 44.3 cm³/mol. The zero-order chi connectivity index (χ0) is 10.0. The predicted octanol–water partition coefficient (Wildman–Crippen LogP) is 2.59. The molecule has 13 heavy (non-hydrogen) atoms. The lowest BCUT2D eigenvalue weighted by molar-refractivity contribution is 0.413. The number of alkyl halides is 1. The molecule has 0 bridgehead atoms. The van der Waals surface area contributed by atoms with Crippen molar-refractivity contribution in [1.29, 1.82) is 0 Å². The van der Waals surface area contributed by atoms with Gasteiger partial charge in [0.25, 0.3) is 0 Å². The molecule has 0 aliphatic rings. The lowest BCUT2D eigenvalue weighted by Crippen LogP contribution is -2.16. The normalized spacial score (nSPS) is 13.0. The van der Waals surface area contributed by atoms with Gasteiger partial charge in [-0.3, -0.25) is 0 Å². The van der Waals surface area contributed by atoms with Crippen LogP contribution in [0, 0.1) is 11.6 Å². The van der Waals surface area contributed by atoms with E-state index >= 15 is 0 Å². The molecule has 5 heteroatoms. The molecule has 1 rings (SSSR count). The molecule has 0 aliphatic carbocycles. The zero-order valence-corrected chi connectivity index (χ0v) is 7.28. The molecule has 0 radical (unpaired) electrons. The van der Waals surface area contributed by atoms with Gasteiger partial charge in [-0.1, -0.05) is 11.6 Å². The fraction of sp³-hybridized carbons (Fsp3) is 0.250. The molecule has 2 N–H and O–H groups in total. The maximum atomic E-state index is 13.1. The Labute approximate surface area is 78.3 Å². The molecule has 0 saturated heterocycles. The molecule has 0 aromatic heterocycles. The van der Waals surface area contributed by atoms with Gasteiger partial charge in [-0.2, -0.15) is 0 Å². The first-order chi connectivity index (χ1) is 6.07. The van der Waals surface area contributed by atoms with Crippen LogP contribution in [-0.2, 0) is 0 Å². The molecule has 1 aromatic rings. The van der Waals surface area contributed by atoms with Crippen molar-refractivity contribution in [1.82, 2.24) is 0 Å². The number of nitrogens with two attached hydrogens (primary N) is 1. The Morgan fingerprint density at radius 3 is 2.54 bits per heavy atom. The summed E-state index contributed by atoms with van der Waals surface area (Å²) in [6.07, 6.45) is 0. The number of halogens is 4. The van der Waals surface area contributed by atoms with E-state index in [1.54, 1.807) is 0 Å². The van der Waals surface area contributed by atoms with E-state index in [4.69, 9.17) is 17.3 Å². The second-order valence-corrected chi connectivity index (χ2v) is 2.92. The minimum Gasteiger partial charge on any atom is -0.322 e. The second kappa shape index (κ2) is 3.98. The van der Waals surface area contributed by atoms with Crippen molar-refractivity contribution in [3.05, 3.63) is 34.4 Å². The van der Waals surface area contributed by atoms with Crippen LogP contribution < -0.4 is 5.73 Å². The van der Waals surface area contributed by atoms with Crippen LogP contribution in [0.25, 0.3) is 0 Å². The standard InChI is InChI=1S/C8H7ClF3N/c9-4-1-2-5(11)7(8(4)12)6(13)3-10/h1-2,6H,3,13H2/t6-/m1/s1.